The minimum absolute atomic E-state index is 0.147. The maximum Gasteiger partial charge on any atom is 0.410 e. The Morgan fingerprint density at radius 3 is 2.25 bits per heavy atom. The van der Waals surface area contributed by atoms with Crippen LogP contribution in [0.2, 0.25) is 0 Å². The molecule has 0 aliphatic carbocycles. The molecule has 1 amide bonds. The minimum Gasteiger partial charge on any atom is -0.497 e. The van der Waals surface area contributed by atoms with Crippen LogP contribution in [-0.4, -0.2) is 65.5 Å². The number of rotatable bonds is 5. The number of likely N-dealkylation sites (tertiary alicyclic amines) is 1. The Morgan fingerprint density at radius 2 is 1.69 bits per heavy atom. The van der Waals surface area contributed by atoms with Crippen molar-refractivity contribution in [2.45, 2.75) is 45.3 Å². The van der Waals surface area contributed by atoms with Gasteiger partial charge in [0.05, 0.1) is 14.2 Å². The zero-order valence-corrected chi connectivity index (χ0v) is 21.6. The van der Waals surface area contributed by atoms with Crippen LogP contribution in [0.3, 0.4) is 0 Å². The van der Waals surface area contributed by atoms with E-state index in [4.69, 9.17) is 14.2 Å². The van der Waals surface area contributed by atoms with Gasteiger partial charge >= 0.3 is 6.09 Å². The Morgan fingerprint density at radius 1 is 1.06 bits per heavy atom. The Balaban J connectivity index is 1.78. The summed E-state index contributed by atoms with van der Waals surface area (Å²) in [6.45, 7) is 6.51. The summed E-state index contributed by atoms with van der Waals surface area (Å²) >= 11 is 0. The number of carbonyl (C=O) groups is 1. The summed E-state index contributed by atoms with van der Waals surface area (Å²) in [6, 6.07) is 7.04. The number of amides is 1. The number of nitrogens with zero attached hydrogens (tertiary/aromatic N) is 4. The quantitative estimate of drug-likeness (QED) is 0.564. The molecule has 10 nitrogen and oxygen atoms in total. The van der Waals surface area contributed by atoms with Gasteiger partial charge in [-0.1, -0.05) is 0 Å². The fourth-order valence-corrected chi connectivity index (χ4v) is 4.38. The molecule has 2 aromatic heterocycles. The highest BCUT2D eigenvalue weighted by Gasteiger charge is 2.29. The number of benzene rings is 1. The molecule has 1 saturated heterocycles. The highest BCUT2D eigenvalue weighted by Crippen LogP contribution is 2.32. The highest BCUT2D eigenvalue weighted by atomic mass is 16.6. The van der Waals surface area contributed by atoms with Crippen molar-refractivity contribution >= 4 is 23.1 Å². The third-order valence-electron chi connectivity index (χ3n) is 6.14. The Bertz CT molecular complexity index is 1300. The van der Waals surface area contributed by atoms with Gasteiger partial charge in [-0.25, -0.2) is 9.78 Å². The third kappa shape index (κ3) is 5.22. The first-order chi connectivity index (χ1) is 17.1. The number of piperidine rings is 1. The SMILES string of the molecule is CNc1ncc2cc(-c3cc(OC)cc(OC)c3)c(=O)n(C3CCN(C(=O)OC(C)(C)C)CC3)c2n1. The smallest absolute Gasteiger partial charge is 0.410 e. The molecule has 1 aromatic carbocycles. The van der Waals surface area contributed by atoms with E-state index in [1.165, 1.54) is 0 Å². The van der Waals surface area contributed by atoms with Crippen LogP contribution in [0.1, 0.15) is 39.7 Å². The largest absolute Gasteiger partial charge is 0.497 e. The van der Waals surface area contributed by atoms with Gasteiger partial charge in [-0.05, 0) is 57.4 Å². The van der Waals surface area contributed by atoms with Crippen LogP contribution in [0.4, 0.5) is 10.7 Å². The number of hydrogen-bond acceptors (Lipinski definition) is 8. The summed E-state index contributed by atoms with van der Waals surface area (Å²) in [5.41, 5.74) is 0.988. The van der Waals surface area contributed by atoms with Crippen molar-refractivity contribution in [1.29, 1.82) is 0 Å². The summed E-state index contributed by atoms with van der Waals surface area (Å²) in [6.07, 6.45) is 2.56. The number of pyridine rings is 1. The van der Waals surface area contributed by atoms with E-state index in [0.717, 1.165) is 5.39 Å². The van der Waals surface area contributed by atoms with Gasteiger partial charge < -0.3 is 24.4 Å². The molecule has 3 heterocycles. The van der Waals surface area contributed by atoms with Gasteiger partial charge in [0, 0.05) is 49.4 Å². The molecular formula is C26H33N5O5. The number of hydrogen-bond donors (Lipinski definition) is 1. The van der Waals surface area contributed by atoms with E-state index in [1.54, 1.807) is 49.1 Å². The van der Waals surface area contributed by atoms with E-state index < -0.39 is 5.60 Å². The van der Waals surface area contributed by atoms with Crippen LogP contribution in [0.25, 0.3) is 22.2 Å². The average molecular weight is 496 g/mol. The predicted octanol–water partition coefficient (Wildman–Crippen LogP) is 4.09. The standard InChI is InChI=1S/C26H33N5O5/c1-26(2,3)36-25(33)30-9-7-18(8-10-30)31-22-17(15-28-24(27-4)29-22)13-21(23(31)32)16-11-19(34-5)14-20(12-16)35-6/h11-15,18H,7-10H2,1-6H3,(H,27,28,29). The molecular weight excluding hydrogens is 462 g/mol. The van der Waals surface area contributed by atoms with Crippen LogP contribution < -0.4 is 20.3 Å². The zero-order chi connectivity index (χ0) is 26.0. The number of anilines is 1. The molecule has 4 rings (SSSR count). The summed E-state index contributed by atoms with van der Waals surface area (Å²) in [4.78, 5) is 37.2. The third-order valence-corrected chi connectivity index (χ3v) is 6.14. The van der Waals surface area contributed by atoms with Crippen LogP contribution >= 0.6 is 0 Å². The number of aromatic nitrogens is 3. The van der Waals surface area contributed by atoms with E-state index in [1.807, 2.05) is 32.9 Å². The van der Waals surface area contributed by atoms with Crippen molar-refractivity contribution in [1.82, 2.24) is 19.4 Å². The van der Waals surface area contributed by atoms with Gasteiger partial charge in [0.25, 0.3) is 5.56 Å². The number of nitrogens with one attached hydrogen (secondary N) is 1. The molecule has 192 valence electrons. The van der Waals surface area contributed by atoms with Gasteiger partial charge in [0.15, 0.2) is 0 Å². The molecule has 1 aliphatic rings. The van der Waals surface area contributed by atoms with Crippen LogP contribution in [0.15, 0.2) is 35.3 Å². The minimum atomic E-state index is -0.562. The second-order valence-corrected chi connectivity index (χ2v) is 9.76. The molecule has 0 bridgehead atoms. The first kappa shape index (κ1) is 25.3. The molecule has 1 N–H and O–H groups in total. The molecule has 0 unspecified atom stereocenters. The topological polar surface area (TPSA) is 108 Å². The lowest BCUT2D eigenvalue weighted by atomic mass is 10.0. The maximum absolute atomic E-state index is 14.0. The maximum atomic E-state index is 14.0. The van der Waals surface area contributed by atoms with Gasteiger partial charge in [-0.3, -0.25) is 9.36 Å². The monoisotopic (exact) mass is 495 g/mol. The van der Waals surface area contributed by atoms with Crippen LogP contribution in [-0.2, 0) is 4.74 Å². The lowest BCUT2D eigenvalue weighted by Gasteiger charge is -2.34. The zero-order valence-electron chi connectivity index (χ0n) is 21.6. The van der Waals surface area contributed by atoms with Crippen LogP contribution in [0.5, 0.6) is 11.5 Å². The number of fused-ring (bicyclic) bond motifs is 1. The Labute approximate surface area is 210 Å². The summed E-state index contributed by atoms with van der Waals surface area (Å²) in [7, 11) is 4.88. The lowest BCUT2D eigenvalue weighted by molar-refractivity contribution is 0.0189. The van der Waals surface area contributed by atoms with Gasteiger partial charge in [-0.15, -0.1) is 0 Å². The fourth-order valence-electron chi connectivity index (χ4n) is 4.38. The molecule has 36 heavy (non-hydrogen) atoms. The van der Waals surface area contributed by atoms with Crippen LogP contribution in [0, 0.1) is 0 Å². The molecule has 0 saturated carbocycles. The summed E-state index contributed by atoms with van der Waals surface area (Å²) in [5.74, 6) is 1.60. The average Bonchev–Trinajstić information content (AvgIpc) is 2.86. The summed E-state index contributed by atoms with van der Waals surface area (Å²) in [5, 5.41) is 3.68. The number of carbonyl (C=O) groups excluding carboxylic acids is 1. The van der Waals surface area contributed by atoms with E-state index in [-0.39, 0.29) is 17.7 Å². The fraction of sp³-hybridized carbons (Fsp3) is 0.462. The molecule has 3 aromatic rings. The van der Waals surface area contributed by atoms with Crippen molar-refractivity contribution in [2.75, 3.05) is 39.7 Å². The van der Waals surface area contributed by atoms with Crippen molar-refractivity contribution < 1.29 is 19.0 Å². The molecule has 10 heteroatoms. The molecule has 0 radical (unpaired) electrons. The second-order valence-electron chi connectivity index (χ2n) is 9.76. The first-order valence-corrected chi connectivity index (χ1v) is 11.9. The first-order valence-electron chi connectivity index (χ1n) is 11.9. The number of methoxy groups -OCH3 is 2. The van der Waals surface area contributed by atoms with Crippen molar-refractivity contribution in [3.63, 3.8) is 0 Å². The van der Waals surface area contributed by atoms with Gasteiger partial charge in [0.2, 0.25) is 5.95 Å². The molecule has 1 aliphatic heterocycles. The van der Waals surface area contributed by atoms with Crippen molar-refractivity contribution in [2.24, 2.45) is 0 Å². The van der Waals surface area contributed by atoms with E-state index in [2.05, 4.69) is 15.3 Å². The van der Waals surface area contributed by atoms with E-state index >= 15 is 0 Å². The van der Waals surface area contributed by atoms with Gasteiger partial charge in [-0.2, -0.15) is 4.98 Å². The van der Waals surface area contributed by atoms with Crippen molar-refractivity contribution in [3.8, 4) is 22.6 Å². The lowest BCUT2D eigenvalue weighted by Crippen LogP contribution is -2.43. The number of ether oxygens (including phenoxy) is 3. The van der Waals surface area contributed by atoms with E-state index in [0.29, 0.717) is 60.2 Å². The highest BCUT2D eigenvalue weighted by molar-refractivity contribution is 5.82. The Hall–Kier alpha value is -3.82. The summed E-state index contributed by atoms with van der Waals surface area (Å²) < 4.78 is 18.1. The Kier molecular flexibility index (Phi) is 7.05. The van der Waals surface area contributed by atoms with E-state index in [9.17, 15) is 9.59 Å². The second kappa shape index (κ2) is 10.0. The predicted molar refractivity (Wildman–Crippen MR) is 138 cm³/mol. The molecule has 0 spiro atoms. The van der Waals surface area contributed by atoms with Crippen molar-refractivity contribution in [3.05, 3.63) is 40.8 Å². The van der Waals surface area contributed by atoms with Gasteiger partial charge in [0.1, 0.15) is 22.7 Å². The normalized spacial score (nSPS) is 14.6. The molecule has 1 fully saturated rings. The molecule has 0 atom stereocenters.